The zero-order valence-corrected chi connectivity index (χ0v) is 13.0. The summed E-state index contributed by atoms with van der Waals surface area (Å²) >= 11 is 0. The molecule has 1 amide bonds. The molecule has 0 radical (unpaired) electrons. The Bertz CT molecular complexity index is 536. The van der Waals surface area contributed by atoms with E-state index >= 15 is 0 Å². The van der Waals surface area contributed by atoms with E-state index in [-0.39, 0.29) is 12.5 Å². The Kier molecular flexibility index (Phi) is 6.16. The smallest absolute Gasteiger partial charge is 0.233 e. The number of carbonyl (C=O) groups excluding carboxylic acids is 1. The number of amides is 1. The van der Waals surface area contributed by atoms with Crippen molar-refractivity contribution in [3.05, 3.63) is 29.8 Å². The standard InChI is InChI=1S/C14H22N2O3S/c1-11(2)8-16-14(17)10-15-9-12-4-6-13(7-5-12)20(3,18)19/h4-7,11,15H,8-10H2,1-3H3,(H,16,17). The lowest BCUT2D eigenvalue weighted by atomic mass is 10.2. The van der Waals surface area contributed by atoms with E-state index in [1.54, 1.807) is 24.3 Å². The zero-order chi connectivity index (χ0) is 15.2. The number of hydrogen-bond acceptors (Lipinski definition) is 4. The van der Waals surface area contributed by atoms with Gasteiger partial charge in [-0.1, -0.05) is 26.0 Å². The first kappa shape index (κ1) is 16.7. The Labute approximate surface area is 120 Å². The maximum absolute atomic E-state index is 11.5. The quantitative estimate of drug-likeness (QED) is 0.786. The number of benzene rings is 1. The van der Waals surface area contributed by atoms with Gasteiger partial charge < -0.3 is 10.6 Å². The number of sulfone groups is 1. The normalized spacial score (nSPS) is 11.6. The summed E-state index contributed by atoms with van der Waals surface area (Å²) in [5.41, 5.74) is 0.939. The van der Waals surface area contributed by atoms with Gasteiger partial charge in [-0.15, -0.1) is 0 Å². The molecular weight excluding hydrogens is 276 g/mol. The van der Waals surface area contributed by atoms with Crippen LogP contribution in [0.3, 0.4) is 0 Å². The van der Waals surface area contributed by atoms with Crippen LogP contribution in [0.25, 0.3) is 0 Å². The summed E-state index contributed by atoms with van der Waals surface area (Å²) in [6, 6.07) is 6.64. The third-order valence-corrected chi connectivity index (χ3v) is 3.80. The number of rotatable bonds is 7. The van der Waals surface area contributed by atoms with Gasteiger partial charge in [0.2, 0.25) is 5.91 Å². The highest BCUT2D eigenvalue weighted by Crippen LogP contribution is 2.09. The Morgan fingerprint density at radius 3 is 2.30 bits per heavy atom. The molecule has 0 heterocycles. The first-order valence-electron chi connectivity index (χ1n) is 6.55. The molecule has 1 aromatic rings. The topological polar surface area (TPSA) is 75.3 Å². The Hall–Kier alpha value is -1.40. The van der Waals surface area contributed by atoms with Crippen molar-refractivity contribution in [1.82, 2.24) is 10.6 Å². The van der Waals surface area contributed by atoms with Gasteiger partial charge in [0.1, 0.15) is 0 Å². The molecule has 0 aliphatic carbocycles. The molecule has 0 saturated carbocycles. The SMILES string of the molecule is CC(C)CNC(=O)CNCc1ccc(S(C)(=O)=O)cc1. The Balaban J connectivity index is 2.38. The fraction of sp³-hybridized carbons (Fsp3) is 0.500. The Morgan fingerprint density at radius 1 is 1.20 bits per heavy atom. The fourth-order valence-corrected chi connectivity index (χ4v) is 2.19. The summed E-state index contributed by atoms with van der Waals surface area (Å²) in [4.78, 5) is 11.8. The third kappa shape index (κ3) is 6.16. The molecule has 112 valence electrons. The highest BCUT2D eigenvalue weighted by molar-refractivity contribution is 7.90. The van der Waals surface area contributed by atoms with Crippen molar-refractivity contribution in [2.24, 2.45) is 5.92 Å². The molecule has 2 N–H and O–H groups in total. The van der Waals surface area contributed by atoms with Crippen LogP contribution in [-0.4, -0.2) is 33.7 Å². The average Bonchev–Trinajstić information content (AvgIpc) is 2.36. The predicted molar refractivity (Wildman–Crippen MR) is 79.1 cm³/mol. The lowest BCUT2D eigenvalue weighted by Crippen LogP contribution is -2.35. The van der Waals surface area contributed by atoms with Crippen LogP contribution in [0.4, 0.5) is 0 Å². The largest absolute Gasteiger partial charge is 0.355 e. The molecule has 1 aromatic carbocycles. The van der Waals surface area contributed by atoms with Crippen LogP contribution >= 0.6 is 0 Å². The van der Waals surface area contributed by atoms with Gasteiger partial charge in [0.05, 0.1) is 11.4 Å². The lowest BCUT2D eigenvalue weighted by molar-refractivity contribution is -0.120. The van der Waals surface area contributed by atoms with Crippen molar-refractivity contribution in [2.75, 3.05) is 19.3 Å². The summed E-state index contributed by atoms with van der Waals surface area (Å²) in [5, 5.41) is 5.84. The average molecular weight is 298 g/mol. The van der Waals surface area contributed by atoms with Crippen LogP contribution in [0.5, 0.6) is 0 Å². The summed E-state index contributed by atoms with van der Waals surface area (Å²) in [6.45, 7) is 5.53. The van der Waals surface area contributed by atoms with E-state index in [0.717, 1.165) is 5.56 Å². The number of nitrogens with one attached hydrogen (secondary N) is 2. The zero-order valence-electron chi connectivity index (χ0n) is 12.1. The van der Waals surface area contributed by atoms with Crippen LogP contribution < -0.4 is 10.6 Å². The van der Waals surface area contributed by atoms with Crippen LogP contribution in [0, 0.1) is 5.92 Å². The highest BCUT2D eigenvalue weighted by Gasteiger charge is 2.06. The molecule has 0 aliphatic heterocycles. The van der Waals surface area contributed by atoms with E-state index in [4.69, 9.17) is 0 Å². The minimum atomic E-state index is -3.15. The fourth-order valence-electron chi connectivity index (χ4n) is 1.56. The highest BCUT2D eigenvalue weighted by atomic mass is 32.2. The van der Waals surface area contributed by atoms with Crippen molar-refractivity contribution < 1.29 is 13.2 Å². The first-order chi connectivity index (χ1) is 9.29. The molecule has 0 spiro atoms. The second-order valence-corrected chi connectivity index (χ2v) is 7.23. The van der Waals surface area contributed by atoms with Crippen LogP contribution in [-0.2, 0) is 21.2 Å². The van der Waals surface area contributed by atoms with Crippen molar-refractivity contribution in [1.29, 1.82) is 0 Å². The van der Waals surface area contributed by atoms with Crippen molar-refractivity contribution in [3.8, 4) is 0 Å². The first-order valence-corrected chi connectivity index (χ1v) is 8.44. The minimum Gasteiger partial charge on any atom is -0.355 e. The van der Waals surface area contributed by atoms with Gasteiger partial charge in [-0.3, -0.25) is 4.79 Å². The summed E-state index contributed by atoms with van der Waals surface area (Å²) in [5.74, 6) is 0.397. The molecule has 0 fully saturated rings. The molecule has 0 atom stereocenters. The summed E-state index contributed by atoms with van der Waals surface area (Å²) in [6.07, 6.45) is 1.18. The maximum atomic E-state index is 11.5. The van der Waals surface area contributed by atoms with Gasteiger partial charge in [0.25, 0.3) is 0 Å². The van der Waals surface area contributed by atoms with E-state index in [0.29, 0.717) is 23.9 Å². The molecule has 0 aromatic heterocycles. The molecule has 0 aliphatic rings. The van der Waals surface area contributed by atoms with Crippen LogP contribution in [0.1, 0.15) is 19.4 Å². The van der Waals surface area contributed by atoms with Crippen molar-refractivity contribution >= 4 is 15.7 Å². The van der Waals surface area contributed by atoms with Crippen LogP contribution in [0.15, 0.2) is 29.2 Å². The van der Waals surface area contributed by atoms with E-state index in [1.807, 2.05) is 13.8 Å². The summed E-state index contributed by atoms with van der Waals surface area (Å²) < 4.78 is 22.6. The van der Waals surface area contributed by atoms with E-state index < -0.39 is 9.84 Å². The molecule has 20 heavy (non-hydrogen) atoms. The number of carbonyl (C=O) groups is 1. The molecular formula is C14H22N2O3S. The van der Waals surface area contributed by atoms with Gasteiger partial charge in [-0.25, -0.2) is 8.42 Å². The van der Waals surface area contributed by atoms with Gasteiger partial charge in [-0.05, 0) is 23.6 Å². The molecule has 0 bridgehead atoms. The monoisotopic (exact) mass is 298 g/mol. The van der Waals surface area contributed by atoms with Gasteiger partial charge >= 0.3 is 0 Å². The Morgan fingerprint density at radius 2 is 1.80 bits per heavy atom. The molecule has 5 nitrogen and oxygen atoms in total. The predicted octanol–water partition coefficient (Wildman–Crippen LogP) is 0.952. The lowest BCUT2D eigenvalue weighted by Gasteiger charge is -2.09. The molecule has 1 rings (SSSR count). The maximum Gasteiger partial charge on any atom is 0.233 e. The minimum absolute atomic E-state index is 0.0357. The van der Waals surface area contributed by atoms with Crippen molar-refractivity contribution in [3.63, 3.8) is 0 Å². The van der Waals surface area contributed by atoms with Gasteiger partial charge in [0, 0.05) is 19.3 Å². The van der Waals surface area contributed by atoms with Crippen LogP contribution in [0.2, 0.25) is 0 Å². The third-order valence-electron chi connectivity index (χ3n) is 2.67. The van der Waals surface area contributed by atoms with Gasteiger partial charge in [-0.2, -0.15) is 0 Å². The molecule has 6 heteroatoms. The van der Waals surface area contributed by atoms with E-state index in [1.165, 1.54) is 6.26 Å². The van der Waals surface area contributed by atoms with Gasteiger partial charge in [0.15, 0.2) is 9.84 Å². The number of hydrogen-bond donors (Lipinski definition) is 2. The van der Waals surface area contributed by atoms with E-state index in [9.17, 15) is 13.2 Å². The molecule has 0 unspecified atom stereocenters. The van der Waals surface area contributed by atoms with E-state index in [2.05, 4.69) is 10.6 Å². The second kappa shape index (κ2) is 7.40. The summed E-state index contributed by atoms with van der Waals surface area (Å²) in [7, 11) is -3.15. The molecule has 0 saturated heterocycles. The van der Waals surface area contributed by atoms with Crippen molar-refractivity contribution in [2.45, 2.75) is 25.3 Å². The second-order valence-electron chi connectivity index (χ2n) is 5.22.